The van der Waals surface area contributed by atoms with Crippen molar-refractivity contribution in [3.63, 3.8) is 0 Å². The van der Waals surface area contributed by atoms with Crippen molar-refractivity contribution in [2.75, 3.05) is 6.54 Å². The smallest absolute Gasteiger partial charge is 0.247 e. The van der Waals surface area contributed by atoms with Crippen LogP contribution in [-0.4, -0.2) is 110 Å². The molecule has 2 saturated carbocycles. The topological polar surface area (TPSA) is 215 Å². The molecule has 0 bridgehead atoms. The van der Waals surface area contributed by atoms with E-state index in [4.69, 9.17) is 5.73 Å². The summed E-state index contributed by atoms with van der Waals surface area (Å²) in [5.74, 6) is -2.78. The van der Waals surface area contributed by atoms with E-state index in [1.165, 1.54) is 4.90 Å². The van der Waals surface area contributed by atoms with Crippen molar-refractivity contribution < 1.29 is 28.8 Å². The predicted octanol–water partition coefficient (Wildman–Crippen LogP) is 2.05. The number of aromatic nitrogens is 2. The van der Waals surface area contributed by atoms with Crippen molar-refractivity contribution in [1.29, 1.82) is 0 Å². The van der Waals surface area contributed by atoms with Crippen molar-refractivity contribution in [3.05, 3.63) is 72.1 Å². The minimum absolute atomic E-state index is 0.0778. The molecule has 1 unspecified atom stereocenters. The van der Waals surface area contributed by atoms with Crippen molar-refractivity contribution in [2.24, 2.45) is 11.7 Å². The Labute approximate surface area is 341 Å². The van der Waals surface area contributed by atoms with Crippen LogP contribution in [0.15, 0.2) is 60.9 Å². The first-order chi connectivity index (χ1) is 28.5. The minimum atomic E-state index is -1.33. The molecule has 3 saturated heterocycles. The lowest BCUT2D eigenvalue weighted by Crippen LogP contribution is -2.64. The van der Waals surface area contributed by atoms with Crippen LogP contribution in [0.25, 0.3) is 21.8 Å². The Morgan fingerprint density at radius 1 is 0.712 bits per heavy atom. The number of benzene rings is 2. The number of nitrogens with zero attached hydrogens (tertiary/aromatic N) is 2. The number of amides is 6. The summed E-state index contributed by atoms with van der Waals surface area (Å²) >= 11 is 0. The van der Waals surface area contributed by atoms with E-state index >= 15 is 0 Å². The lowest BCUT2D eigenvalue weighted by atomic mass is 9.84. The molecule has 310 valence electrons. The Balaban J connectivity index is 1.10. The second-order valence-electron chi connectivity index (χ2n) is 17.4. The number of hydrogen-bond acceptors (Lipinski definition) is 7. The molecule has 15 nitrogen and oxygen atoms in total. The summed E-state index contributed by atoms with van der Waals surface area (Å²) in [5, 5.41) is 13.6. The molecule has 8 atom stereocenters. The van der Waals surface area contributed by atoms with Gasteiger partial charge in [0.05, 0.1) is 0 Å². The number of aromatic amines is 2. The molecule has 8 N–H and O–H groups in total. The molecule has 5 fully saturated rings. The van der Waals surface area contributed by atoms with E-state index in [1.54, 1.807) is 18.0 Å². The van der Waals surface area contributed by atoms with Gasteiger partial charge in [0.1, 0.15) is 35.7 Å². The summed E-state index contributed by atoms with van der Waals surface area (Å²) in [6.45, 7) is 1.92. The Bertz CT molecular complexity index is 2310. The third kappa shape index (κ3) is 7.23. The van der Waals surface area contributed by atoms with Crippen molar-refractivity contribution in [3.8, 4) is 0 Å². The highest BCUT2D eigenvalue weighted by Crippen LogP contribution is 2.42. The van der Waals surface area contributed by atoms with Crippen LogP contribution in [0.2, 0.25) is 0 Å². The maximum atomic E-state index is 14.9. The Morgan fingerprint density at radius 2 is 1.34 bits per heavy atom. The van der Waals surface area contributed by atoms with E-state index in [2.05, 4.69) is 31.2 Å². The van der Waals surface area contributed by atoms with Crippen molar-refractivity contribution in [1.82, 2.24) is 41.0 Å². The fourth-order valence-electron chi connectivity index (χ4n) is 10.2. The highest BCUT2D eigenvalue weighted by atomic mass is 16.2. The SMILES string of the molecule is CC(N)[C@@H]1NC(=O)[C@H](Cc2c[nH]c3ccccc23)NC(=O)C2(CC2)NC(=O)[C@H](Cc2c[nH]c3ccccc23)NC(=O)[C@@H]2C[C@@H]3CCCC[C@@H]3N2C(=O)[C@H]2CCCN2C1=O. The highest BCUT2D eigenvalue weighted by Gasteiger charge is 2.54. The normalized spacial score (nSPS) is 29.6. The molecule has 2 aromatic carbocycles. The van der Waals surface area contributed by atoms with Gasteiger partial charge in [-0.05, 0) is 81.0 Å². The molecular weight excluding hydrogens is 751 g/mol. The summed E-state index contributed by atoms with van der Waals surface area (Å²) in [6.07, 6.45) is 9.42. The number of hydrogen-bond donors (Lipinski definition) is 7. The van der Waals surface area contributed by atoms with Crippen LogP contribution >= 0.6 is 0 Å². The van der Waals surface area contributed by atoms with E-state index in [1.807, 2.05) is 54.7 Å². The third-order valence-corrected chi connectivity index (χ3v) is 13.6. The number of fused-ring (bicyclic) bond motifs is 6. The zero-order chi connectivity index (χ0) is 41.0. The molecule has 9 rings (SSSR count). The van der Waals surface area contributed by atoms with Gasteiger partial charge in [0.15, 0.2) is 0 Å². The average molecular weight is 804 g/mol. The number of carbonyl (C=O) groups is 6. The zero-order valence-corrected chi connectivity index (χ0v) is 33.3. The number of nitrogens with two attached hydrogens (primary N) is 1. The lowest BCUT2D eigenvalue weighted by molar-refractivity contribution is -0.150. The van der Waals surface area contributed by atoms with E-state index < -0.39 is 71.3 Å². The summed E-state index contributed by atoms with van der Waals surface area (Å²) < 4.78 is 0. The van der Waals surface area contributed by atoms with Crippen LogP contribution in [0.5, 0.6) is 0 Å². The number of para-hydroxylation sites is 2. The molecule has 15 heteroatoms. The van der Waals surface area contributed by atoms with Gasteiger partial charge in [0, 0.05) is 65.7 Å². The van der Waals surface area contributed by atoms with Gasteiger partial charge in [-0.15, -0.1) is 0 Å². The largest absolute Gasteiger partial charge is 0.361 e. The van der Waals surface area contributed by atoms with E-state index in [9.17, 15) is 28.8 Å². The molecule has 3 aliphatic heterocycles. The molecule has 6 amide bonds. The number of rotatable bonds is 5. The Kier molecular flexibility index (Phi) is 10.2. The molecular formula is C44H53N9O6. The number of nitrogens with one attached hydrogen (secondary N) is 6. The van der Waals surface area contributed by atoms with Gasteiger partial charge in [-0.25, -0.2) is 0 Å². The number of H-pyrrole nitrogens is 2. The van der Waals surface area contributed by atoms with Crippen LogP contribution in [0.3, 0.4) is 0 Å². The van der Waals surface area contributed by atoms with Gasteiger partial charge >= 0.3 is 0 Å². The molecule has 1 spiro atoms. The van der Waals surface area contributed by atoms with Crippen molar-refractivity contribution >= 4 is 57.2 Å². The van der Waals surface area contributed by atoms with Crippen LogP contribution in [0, 0.1) is 5.92 Å². The van der Waals surface area contributed by atoms with Gasteiger partial charge in [-0.2, -0.15) is 0 Å². The average Bonchev–Trinajstić information content (AvgIpc) is 3.63. The van der Waals surface area contributed by atoms with Crippen LogP contribution in [0.4, 0.5) is 0 Å². The Hall–Kier alpha value is -5.70. The Morgan fingerprint density at radius 3 is 1.98 bits per heavy atom. The fourth-order valence-corrected chi connectivity index (χ4v) is 10.2. The quantitative estimate of drug-likeness (QED) is 0.159. The summed E-state index contributed by atoms with van der Waals surface area (Å²) in [4.78, 5) is 97.1. The van der Waals surface area contributed by atoms with Crippen LogP contribution in [0.1, 0.15) is 75.8 Å². The second kappa shape index (κ2) is 15.5. The second-order valence-corrected chi connectivity index (χ2v) is 17.4. The summed E-state index contributed by atoms with van der Waals surface area (Å²) in [7, 11) is 0. The van der Waals surface area contributed by atoms with Crippen LogP contribution < -0.4 is 27.0 Å². The van der Waals surface area contributed by atoms with Gasteiger partial charge in [-0.1, -0.05) is 49.2 Å². The summed E-state index contributed by atoms with van der Waals surface area (Å²) in [5.41, 5.74) is 8.43. The zero-order valence-electron chi connectivity index (χ0n) is 33.3. The maximum absolute atomic E-state index is 14.9. The lowest BCUT2D eigenvalue weighted by Gasteiger charge is -2.38. The van der Waals surface area contributed by atoms with E-state index in [0.717, 1.165) is 58.6 Å². The van der Waals surface area contributed by atoms with Gasteiger partial charge in [-0.3, -0.25) is 28.8 Å². The summed E-state index contributed by atoms with van der Waals surface area (Å²) in [6, 6.07) is 9.17. The van der Waals surface area contributed by atoms with E-state index in [-0.39, 0.29) is 37.3 Å². The third-order valence-electron chi connectivity index (χ3n) is 13.6. The molecule has 2 aliphatic carbocycles. The minimum Gasteiger partial charge on any atom is -0.361 e. The molecule has 59 heavy (non-hydrogen) atoms. The first-order valence-corrected chi connectivity index (χ1v) is 21.2. The molecule has 5 aliphatic rings. The highest BCUT2D eigenvalue weighted by molar-refractivity contribution is 6.01. The predicted molar refractivity (Wildman–Crippen MR) is 219 cm³/mol. The van der Waals surface area contributed by atoms with E-state index in [0.29, 0.717) is 32.1 Å². The van der Waals surface area contributed by atoms with Crippen LogP contribution in [-0.2, 0) is 41.6 Å². The van der Waals surface area contributed by atoms with Gasteiger partial charge in [0.2, 0.25) is 35.4 Å². The molecule has 4 aromatic rings. The molecule has 5 heterocycles. The fraction of sp³-hybridized carbons (Fsp3) is 0.500. The number of carbonyl (C=O) groups excluding carboxylic acids is 6. The van der Waals surface area contributed by atoms with Gasteiger partial charge < -0.3 is 46.8 Å². The molecule has 2 aromatic heterocycles. The standard InChI is InChI=1S/C44H53N9O6/c1-24(45)37-42(58)52-18-8-15-35(52)41(57)53-34-14-7-2-9-25(34)21-36(53)40(56)48-33(20-27-23-47-31-13-6-4-11-29(27)31)39(55)51-44(16-17-44)43(59)49-32(38(54)50-37)19-26-22-46-30-12-5-3-10-28(26)30/h3-6,10-13,22-25,32-37,46-47H,2,7-9,14-21,45H2,1H3,(H,48,56)(H,49,59)(H,50,54)(H,51,55)/t24?,25-,32-,33-,34-,35+,36-,37-/m0/s1. The maximum Gasteiger partial charge on any atom is 0.247 e. The molecule has 0 radical (unpaired) electrons. The first kappa shape index (κ1) is 38.8. The van der Waals surface area contributed by atoms with Gasteiger partial charge in [0.25, 0.3) is 0 Å². The van der Waals surface area contributed by atoms with Crippen molar-refractivity contribution in [2.45, 2.75) is 125 Å². The first-order valence-electron chi connectivity index (χ1n) is 21.2. The monoisotopic (exact) mass is 803 g/mol.